The van der Waals surface area contributed by atoms with Crippen molar-refractivity contribution in [3.8, 4) is 11.8 Å². The lowest BCUT2D eigenvalue weighted by molar-refractivity contribution is 0.413. The zero-order valence-corrected chi connectivity index (χ0v) is 14.3. The first-order chi connectivity index (χ1) is 12.2. The van der Waals surface area contributed by atoms with Crippen molar-refractivity contribution in [1.29, 1.82) is 5.26 Å². The van der Waals surface area contributed by atoms with Crippen LogP contribution in [0.3, 0.4) is 0 Å². The highest BCUT2D eigenvalue weighted by Crippen LogP contribution is 2.30. The molecule has 1 aliphatic rings. The van der Waals surface area contributed by atoms with Crippen molar-refractivity contribution < 1.29 is 9.13 Å². The fourth-order valence-electron chi connectivity index (χ4n) is 3.13. The van der Waals surface area contributed by atoms with Gasteiger partial charge in [0.1, 0.15) is 11.6 Å². The fraction of sp³-hybridized carbons (Fsp3) is 0.286. The van der Waals surface area contributed by atoms with Crippen LogP contribution < -0.4 is 9.64 Å². The summed E-state index contributed by atoms with van der Waals surface area (Å²) in [4.78, 5) is 2.37. The van der Waals surface area contributed by atoms with E-state index in [1.165, 1.54) is 31.4 Å². The minimum Gasteiger partial charge on any atom is -0.496 e. The van der Waals surface area contributed by atoms with Crippen LogP contribution in [0.5, 0.6) is 5.75 Å². The maximum absolute atomic E-state index is 13.1. The molecule has 0 radical (unpaired) electrons. The van der Waals surface area contributed by atoms with Gasteiger partial charge in [0.25, 0.3) is 0 Å². The van der Waals surface area contributed by atoms with Crippen LogP contribution >= 0.6 is 0 Å². The smallest absolute Gasteiger partial charge is 0.128 e. The van der Waals surface area contributed by atoms with Crippen LogP contribution in [-0.2, 0) is 0 Å². The van der Waals surface area contributed by atoms with Gasteiger partial charge in [-0.3, -0.25) is 0 Å². The van der Waals surface area contributed by atoms with Crippen LogP contribution in [0.4, 0.5) is 10.1 Å². The SMILES string of the molecule is COc1cc(N2CCCCC2)ccc1/C=C(/C#N)c1ccc(F)cc1. The van der Waals surface area contributed by atoms with Gasteiger partial charge in [-0.25, -0.2) is 4.39 Å². The molecule has 0 bridgehead atoms. The number of rotatable bonds is 4. The molecular formula is C21H21FN2O. The monoisotopic (exact) mass is 336 g/mol. The maximum Gasteiger partial charge on any atom is 0.128 e. The van der Waals surface area contributed by atoms with Gasteiger partial charge in [0.2, 0.25) is 0 Å². The van der Waals surface area contributed by atoms with E-state index < -0.39 is 0 Å². The first-order valence-corrected chi connectivity index (χ1v) is 8.52. The first-order valence-electron chi connectivity index (χ1n) is 8.52. The zero-order chi connectivity index (χ0) is 17.6. The minimum absolute atomic E-state index is 0.315. The molecule has 0 atom stereocenters. The van der Waals surface area contributed by atoms with Crippen molar-refractivity contribution in [2.45, 2.75) is 19.3 Å². The summed E-state index contributed by atoms with van der Waals surface area (Å²) in [5.41, 5.74) is 3.15. The third-order valence-electron chi connectivity index (χ3n) is 4.51. The van der Waals surface area contributed by atoms with Crippen molar-refractivity contribution in [3.63, 3.8) is 0 Å². The molecule has 1 saturated heterocycles. The van der Waals surface area contributed by atoms with Gasteiger partial charge in [0, 0.05) is 30.4 Å². The Bertz CT molecular complexity index is 800. The van der Waals surface area contributed by atoms with Crippen molar-refractivity contribution >= 4 is 17.3 Å². The van der Waals surface area contributed by atoms with Gasteiger partial charge >= 0.3 is 0 Å². The number of nitrogens with zero attached hydrogens (tertiary/aromatic N) is 2. The lowest BCUT2D eigenvalue weighted by Crippen LogP contribution is -2.29. The molecule has 25 heavy (non-hydrogen) atoms. The zero-order valence-electron chi connectivity index (χ0n) is 14.3. The third kappa shape index (κ3) is 4.00. The Hall–Kier alpha value is -2.80. The number of nitriles is 1. The van der Waals surface area contributed by atoms with Crippen molar-refractivity contribution in [1.82, 2.24) is 0 Å². The molecule has 1 heterocycles. The van der Waals surface area contributed by atoms with Gasteiger partial charge in [-0.2, -0.15) is 5.26 Å². The summed E-state index contributed by atoms with van der Waals surface area (Å²) in [6, 6.07) is 14.2. The number of piperidine rings is 1. The first kappa shape index (κ1) is 17.0. The molecule has 3 rings (SSSR count). The van der Waals surface area contributed by atoms with E-state index in [1.807, 2.05) is 12.1 Å². The summed E-state index contributed by atoms with van der Waals surface area (Å²) in [7, 11) is 1.64. The largest absolute Gasteiger partial charge is 0.496 e. The molecule has 4 heteroatoms. The summed E-state index contributed by atoms with van der Waals surface area (Å²) in [5, 5.41) is 9.47. The second-order valence-electron chi connectivity index (χ2n) is 6.15. The summed E-state index contributed by atoms with van der Waals surface area (Å²) in [5.74, 6) is 0.419. The third-order valence-corrected chi connectivity index (χ3v) is 4.51. The van der Waals surface area contributed by atoms with Crippen LogP contribution in [0.1, 0.15) is 30.4 Å². The minimum atomic E-state index is -0.315. The predicted molar refractivity (Wildman–Crippen MR) is 98.9 cm³/mol. The van der Waals surface area contributed by atoms with Crippen molar-refractivity contribution in [3.05, 3.63) is 59.4 Å². The molecule has 0 aromatic heterocycles. The Morgan fingerprint density at radius 2 is 1.84 bits per heavy atom. The molecule has 3 nitrogen and oxygen atoms in total. The van der Waals surface area contributed by atoms with Crippen molar-refractivity contribution in [2.75, 3.05) is 25.1 Å². The van der Waals surface area contributed by atoms with Gasteiger partial charge < -0.3 is 9.64 Å². The van der Waals surface area contributed by atoms with E-state index in [2.05, 4.69) is 17.0 Å². The Kier molecular flexibility index (Phi) is 5.35. The number of hydrogen-bond acceptors (Lipinski definition) is 3. The van der Waals surface area contributed by atoms with Crippen LogP contribution in [0.25, 0.3) is 11.6 Å². The van der Waals surface area contributed by atoms with E-state index in [9.17, 15) is 9.65 Å². The Balaban J connectivity index is 1.92. The summed E-state index contributed by atoms with van der Waals surface area (Å²) in [6.07, 6.45) is 5.50. The molecule has 0 N–H and O–H groups in total. The molecule has 0 saturated carbocycles. The number of hydrogen-bond donors (Lipinski definition) is 0. The second-order valence-corrected chi connectivity index (χ2v) is 6.15. The van der Waals surface area contributed by atoms with E-state index in [-0.39, 0.29) is 5.82 Å². The van der Waals surface area contributed by atoms with E-state index in [1.54, 1.807) is 25.3 Å². The molecule has 0 amide bonds. The Morgan fingerprint density at radius 3 is 2.48 bits per heavy atom. The molecule has 2 aromatic rings. The summed E-state index contributed by atoms with van der Waals surface area (Å²) >= 11 is 0. The van der Waals surface area contributed by atoms with Crippen LogP contribution in [0, 0.1) is 17.1 Å². The van der Waals surface area contributed by atoms with Crippen LogP contribution in [0.2, 0.25) is 0 Å². The second kappa shape index (κ2) is 7.85. The number of anilines is 1. The number of allylic oxidation sites excluding steroid dienone is 1. The highest BCUT2D eigenvalue weighted by Gasteiger charge is 2.13. The highest BCUT2D eigenvalue weighted by atomic mass is 19.1. The molecule has 0 aliphatic carbocycles. The number of ether oxygens (including phenoxy) is 1. The maximum atomic E-state index is 13.1. The highest BCUT2D eigenvalue weighted by molar-refractivity contribution is 5.90. The molecule has 1 aliphatic heterocycles. The summed E-state index contributed by atoms with van der Waals surface area (Å²) in [6.45, 7) is 2.13. The number of benzene rings is 2. The number of methoxy groups -OCH3 is 1. The molecule has 128 valence electrons. The molecule has 2 aromatic carbocycles. The van der Waals surface area contributed by atoms with Crippen LogP contribution in [-0.4, -0.2) is 20.2 Å². The normalized spacial score (nSPS) is 14.9. The number of halogens is 1. The Labute approximate surface area is 148 Å². The molecule has 0 spiro atoms. The van der Waals surface area contributed by atoms with Gasteiger partial charge in [-0.15, -0.1) is 0 Å². The van der Waals surface area contributed by atoms with E-state index in [0.29, 0.717) is 11.1 Å². The van der Waals surface area contributed by atoms with E-state index in [0.717, 1.165) is 30.1 Å². The standard InChI is InChI=1S/C21H21FN2O/c1-25-21-14-20(24-11-3-2-4-12-24)10-7-17(21)13-18(15-23)16-5-8-19(22)9-6-16/h5-10,13-14H,2-4,11-12H2,1H3/b18-13-. The lowest BCUT2D eigenvalue weighted by atomic mass is 10.0. The quantitative estimate of drug-likeness (QED) is 0.589. The topological polar surface area (TPSA) is 36.3 Å². The van der Waals surface area contributed by atoms with Crippen LogP contribution in [0.15, 0.2) is 42.5 Å². The summed E-state index contributed by atoms with van der Waals surface area (Å²) < 4.78 is 18.6. The average molecular weight is 336 g/mol. The van der Waals surface area contributed by atoms with Gasteiger partial charge in [0.05, 0.1) is 18.8 Å². The van der Waals surface area contributed by atoms with Gasteiger partial charge in [-0.1, -0.05) is 12.1 Å². The fourth-order valence-corrected chi connectivity index (χ4v) is 3.13. The van der Waals surface area contributed by atoms with Gasteiger partial charge in [0.15, 0.2) is 0 Å². The molecule has 1 fully saturated rings. The molecule has 0 unspecified atom stereocenters. The van der Waals surface area contributed by atoms with Crippen molar-refractivity contribution in [2.24, 2.45) is 0 Å². The predicted octanol–water partition coefficient (Wildman–Crippen LogP) is 4.89. The van der Waals surface area contributed by atoms with Gasteiger partial charge in [-0.05, 0) is 55.2 Å². The average Bonchev–Trinajstić information content (AvgIpc) is 2.67. The molecular weight excluding hydrogens is 315 g/mol. The lowest BCUT2D eigenvalue weighted by Gasteiger charge is -2.29. The van der Waals surface area contributed by atoms with E-state index in [4.69, 9.17) is 4.74 Å². The van der Waals surface area contributed by atoms with E-state index >= 15 is 0 Å². The Morgan fingerprint density at radius 1 is 1.12 bits per heavy atom.